The van der Waals surface area contributed by atoms with Gasteiger partial charge in [0.15, 0.2) is 5.96 Å². The van der Waals surface area contributed by atoms with E-state index in [-0.39, 0.29) is 24.0 Å². The monoisotopic (exact) mass is 542 g/mol. The third-order valence-electron chi connectivity index (χ3n) is 4.03. The van der Waals surface area contributed by atoms with E-state index in [1.54, 1.807) is 6.20 Å². The third-order valence-corrected chi connectivity index (χ3v) is 4.03. The summed E-state index contributed by atoms with van der Waals surface area (Å²) in [6, 6.07) is 9.93. The molecule has 31 heavy (non-hydrogen) atoms. The molecule has 0 saturated carbocycles. The highest BCUT2D eigenvalue weighted by molar-refractivity contribution is 14.0. The molecule has 2 rings (SSSR count). The lowest BCUT2D eigenvalue weighted by Gasteiger charge is -2.29. The zero-order valence-electron chi connectivity index (χ0n) is 19.2. The van der Waals surface area contributed by atoms with E-state index in [0.29, 0.717) is 19.0 Å². The van der Waals surface area contributed by atoms with Crippen LogP contribution in [-0.2, 0) is 11.3 Å². The number of para-hydroxylation sites is 1. The molecular formula is C22H35IN6O2. The van der Waals surface area contributed by atoms with Crippen LogP contribution in [0.2, 0.25) is 0 Å². The summed E-state index contributed by atoms with van der Waals surface area (Å²) in [5, 5.41) is 13.8. The highest BCUT2D eigenvalue weighted by atomic mass is 127. The number of alkyl carbamates (subject to hydrolysis) is 1. The van der Waals surface area contributed by atoms with E-state index >= 15 is 0 Å². The Hall–Kier alpha value is -2.30. The molecule has 0 bridgehead atoms. The second-order valence-corrected chi connectivity index (χ2v) is 8.64. The van der Waals surface area contributed by atoms with Gasteiger partial charge in [0.25, 0.3) is 0 Å². The number of nitrogens with zero attached hydrogens (tertiary/aromatic N) is 3. The van der Waals surface area contributed by atoms with Crippen molar-refractivity contribution < 1.29 is 9.53 Å². The van der Waals surface area contributed by atoms with Gasteiger partial charge in [0, 0.05) is 25.5 Å². The van der Waals surface area contributed by atoms with Gasteiger partial charge in [0.05, 0.1) is 17.8 Å². The van der Waals surface area contributed by atoms with Crippen LogP contribution in [0.3, 0.4) is 0 Å². The van der Waals surface area contributed by atoms with Crippen LogP contribution in [0.25, 0.3) is 5.69 Å². The van der Waals surface area contributed by atoms with E-state index in [2.05, 4.69) is 21.0 Å². The molecule has 0 unspecified atom stereocenters. The molecule has 0 fully saturated rings. The van der Waals surface area contributed by atoms with E-state index < -0.39 is 17.2 Å². The SMILES string of the molecule is CCNC(=NCc1ccccc1-n1cccn1)NCC(C)(C)NC(=O)OC(C)(C)C.I. The van der Waals surface area contributed by atoms with Gasteiger partial charge in [-0.15, -0.1) is 24.0 Å². The summed E-state index contributed by atoms with van der Waals surface area (Å²) < 4.78 is 7.18. The lowest BCUT2D eigenvalue weighted by Crippen LogP contribution is -2.54. The molecule has 0 aliphatic heterocycles. The zero-order chi connectivity index (χ0) is 22.2. The molecule has 0 saturated heterocycles. The van der Waals surface area contributed by atoms with Crippen molar-refractivity contribution in [2.24, 2.45) is 4.99 Å². The molecule has 3 N–H and O–H groups in total. The minimum atomic E-state index is -0.536. The van der Waals surface area contributed by atoms with Gasteiger partial charge in [-0.25, -0.2) is 14.5 Å². The fraction of sp³-hybridized carbons (Fsp3) is 0.500. The molecule has 1 amide bonds. The summed E-state index contributed by atoms with van der Waals surface area (Å²) in [5.74, 6) is 0.673. The van der Waals surface area contributed by atoms with E-state index in [4.69, 9.17) is 9.73 Å². The molecule has 9 heteroatoms. The number of aliphatic imine (C=N–C) groups is 1. The Morgan fingerprint density at radius 3 is 2.45 bits per heavy atom. The highest BCUT2D eigenvalue weighted by Crippen LogP contribution is 2.14. The second-order valence-electron chi connectivity index (χ2n) is 8.64. The van der Waals surface area contributed by atoms with Crippen LogP contribution < -0.4 is 16.0 Å². The summed E-state index contributed by atoms with van der Waals surface area (Å²) in [5.41, 5.74) is 0.996. The molecular weight excluding hydrogens is 507 g/mol. The first-order chi connectivity index (χ1) is 14.1. The molecule has 1 aromatic carbocycles. The van der Waals surface area contributed by atoms with Crippen molar-refractivity contribution in [3.63, 3.8) is 0 Å². The topological polar surface area (TPSA) is 92.6 Å². The predicted molar refractivity (Wildman–Crippen MR) is 135 cm³/mol. The molecule has 0 spiro atoms. The number of guanidine groups is 1. The average Bonchev–Trinajstić information content (AvgIpc) is 3.16. The number of amides is 1. The smallest absolute Gasteiger partial charge is 0.408 e. The fourth-order valence-electron chi connectivity index (χ4n) is 2.71. The summed E-state index contributed by atoms with van der Waals surface area (Å²) in [4.78, 5) is 16.8. The normalized spacial score (nSPS) is 12.0. The van der Waals surface area contributed by atoms with Gasteiger partial charge in [-0.1, -0.05) is 18.2 Å². The maximum atomic E-state index is 12.1. The Bertz CT molecular complexity index is 844. The molecule has 2 aromatic rings. The van der Waals surface area contributed by atoms with Crippen LogP contribution in [0.4, 0.5) is 4.79 Å². The van der Waals surface area contributed by atoms with Crippen molar-refractivity contribution in [2.75, 3.05) is 13.1 Å². The minimum Gasteiger partial charge on any atom is -0.444 e. The molecule has 8 nitrogen and oxygen atoms in total. The largest absolute Gasteiger partial charge is 0.444 e. The highest BCUT2D eigenvalue weighted by Gasteiger charge is 2.24. The van der Waals surface area contributed by atoms with Gasteiger partial charge in [-0.05, 0) is 59.2 Å². The molecule has 0 aliphatic rings. The minimum absolute atomic E-state index is 0. The average molecular weight is 542 g/mol. The molecule has 0 aliphatic carbocycles. The Balaban J connectivity index is 0.00000480. The molecule has 1 heterocycles. The summed E-state index contributed by atoms with van der Waals surface area (Å²) >= 11 is 0. The lowest BCUT2D eigenvalue weighted by molar-refractivity contribution is 0.0474. The van der Waals surface area contributed by atoms with Crippen molar-refractivity contribution in [1.82, 2.24) is 25.7 Å². The Kier molecular flexibility index (Phi) is 10.3. The molecule has 1 aromatic heterocycles. The Morgan fingerprint density at radius 2 is 1.84 bits per heavy atom. The number of nitrogens with one attached hydrogen (secondary N) is 3. The first-order valence-corrected chi connectivity index (χ1v) is 10.2. The maximum Gasteiger partial charge on any atom is 0.408 e. The standard InChI is InChI=1S/C22H34N6O2.HI/c1-7-23-19(25-16-22(5,6)27-20(29)30-21(2,3)4)24-15-17-11-8-9-12-18(17)28-14-10-13-26-28;/h8-14H,7,15-16H2,1-6H3,(H,27,29)(H2,23,24,25);1H. The number of ether oxygens (including phenoxy) is 1. The van der Waals surface area contributed by atoms with E-state index in [1.165, 1.54) is 0 Å². The van der Waals surface area contributed by atoms with Crippen LogP contribution in [-0.4, -0.2) is 46.1 Å². The maximum absolute atomic E-state index is 12.1. The van der Waals surface area contributed by atoms with Crippen LogP contribution >= 0.6 is 24.0 Å². The number of hydrogen-bond donors (Lipinski definition) is 3. The van der Waals surface area contributed by atoms with Crippen LogP contribution in [0.1, 0.15) is 47.1 Å². The number of rotatable bonds is 7. The first-order valence-electron chi connectivity index (χ1n) is 10.2. The van der Waals surface area contributed by atoms with Crippen LogP contribution in [0.15, 0.2) is 47.7 Å². The van der Waals surface area contributed by atoms with Crippen molar-refractivity contribution in [2.45, 2.75) is 59.2 Å². The van der Waals surface area contributed by atoms with Crippen molar-refractivity contribution in [3.8, 4) is 5.69 Å². The zero-order valence-corrected chi connectivity index (χ0v) is 21.6. The summed E-state index contributed by atoms with van der Waals surface area (Å²) in [6.07, 6.45) is 3.23. The second kappa shape index (κ2) is 11.9. The number of carbonyl (C=O) groups is 1. The summed E-state index contributed by atoms with van der Waals surface area (Å²) in [6.45, 7) is 13.1. The number of aromatic nitrogens is 2. The van der Waals surface area contributed by atoms with Gasteiger partial charge in [-0.3, -0.25) is 0 Å². The molecule has 0 radical (unpaired) electrons. The Morgan fingerprint density at radius 1 is 1.13 bits per heavy atom. The molecule has 0 atom stereocenters. The van der Waals surface area contributed by atoms with Gasteiger partial charge in [0.1, 0.15) is 5.60 Å². The van der Waals surface area contributed by atoms with Crippen LogP contribution in [0, 0.1) is 0 Å². The fourth-order valence-corrected chi connectivity index (χ4v) is 2.71. The predicted octanol–water partition coefficient (Wildman–Crippen LogP) is 3.85. The van der Waals surface area contributed by atoms with Gasteiger partial charge < -0.3 is 20.7 Å². The number of benzene rings is 1. The summed E-state index contributed by atoms with van der Waals surface area (Å²) in [7, 11) is 0. The van der Waals surface area contributed by atoms with Crippen molar-refractivity contribution in [3.05, 3.63) is 48.3 Å². The third kappa shape index (κ3) is 9.58. The van der Waals surface area contributed by atoms with Crippen LogP contribution in [0.5, 0.6) is 0 Å². The molecule has 172 valence electrons. The van der Waals surface area contributed by atoms with Crippen molar-refractivity contribution >= 4 is 36.0 Å². The van der Waals surface area contributed by atoms with E-state index in [0.717, 1.165) is 17.8 Å². The van der Waals surface area contributed by atoms with E-state index in [9.17, 15) is 4.79 Å². The number of halogens is 1. The number of hydrogen-bond acceptors (Lipinski definition) is 4. The van der Waals surface area contributed by atoms with Crippen molar-refractivity contribution in [1.29, 1.82) is 0 Å². The van der Waals surface area contributed by atoms with Gasteiger partial charge in [-0.2, -0.15) is 5.10 Å². The quantitative estimate of drug-likeness (QED) is 0.281. The first kappa shape index (κ1) is 26.7. The van der Waals surface area contributed by atoms with Gasteiger partial charge in [0.2, 0.25) is 0 Å². The Labute approximate surface area is 202 Å². The lowest BCUT2D eigenvalue weighted by atomic mass is 10.1. The van der Waals surface area contributed by atoms with Gasteiger partial charge >= 0.3 is 6.09 Å². The number of carbonyl (C=O) groups excluding carboxylic acids is 1. The van der Waals surface area contributed by atoms with E-state index in [1.807, 2.05) is 82.8 Å².